The molecule has 0 spiro atoms. The quantitative estimate of drug-likeness (QED) is 0.820. The zero-order valence-corrected chi connectivity index (χ0v) is 9.88. The minimum atomic E-state index is -0.676. The minimum Gasteiger partial charge on any atom is -0.357 e. The molecule has 3 N–H and O–H groups in total. The molecule has 6 heteroatoms. The van der Waals surface area contributed by atoms with E-state index in [1.165, 1.54) is 17.0 Å². The van der Waals surface area contributed by atoms with Crippen LogP contribution in [0.15, 0.2) is 12.1 Å². The lowest BCUT2D eigenvalue weighted by molar-refractivity contribution is -0.119. The molecule has 2 rings (SSSR count). The number of carbonyl (C=O) groups excluding carboxylic acids is 1. The van der Waals surface area contributed by atoms with Gasteiger partial charge >= 0.3 is 0 Å². The van der Waals surface area contributed by atoms with Gasteiger partial charge in [0.05, 0.1) is 6.54 Å². The van der Waals surface area contributed by atoms with Crippen molar-refractivity contribution in [3.05, 3.63) is 29.3 Å². The van der Waals surface area contributed by atoms with Crippen molar-refractivity contribution < 1.29 is 13.6 Å². The molecule has 1 heterocycles. The van der Waals surface area contributed by atoms with Crippen molar-refractivity contribution in [2.75, 3.05) is 24.5 Å². The fraction of sp³-hybridized carbons (Fsp3) is 0.417. The molecule has 0 radical (unpaired) electrons. The Morgan fingerprint density at radius 1 is 1.33 bits per heavy atom. The van der Waals surface area contributed by atoms with Gasteiger partial charge in [-0.15, -0.1) is 0 Å². The maximum absolute atomic E-state index is 13.9. The van der Waals surface area contributed by atoms with Gasteiger partial charge in [0.15, 0.2) is 0 Å². The number of amides is 1. The Labute approximate surface area is 104 Å². The van der Waals surface area contributed by atoms with Crippen LogP contribution in [0.1, 0.15) is 12.0 Å². The summed E-state index contributed by atoms with van der Waals surface area (Å²) in [6.45, 7) is 1.01. The van der Waals surface area contributed by atoms with Crippen molar-refractivity contribution in [3.8, 4) is 0 Å². The van der Waals surface area contributed by atoms with E-state index in [9.17, 15) is 13.6 Å². The molecular weight excluding hydrogens is 240 g/mol. The highest BCUT2D eigenvalue weighted by Crippen LogP contribution is 2.25. The van der Waals surface area contributed by atoms with Gasteiger partial charge in [0.25, 0.3) is 0 Å². The summed E-state index contributed by atoms with van der Waals surface area (Å²) in [4.78, 5) is 12.8. The molecule has 0 unspecified atom stereocenters. The van der Waals surface area contributed by atoms with E-state index < -0.39 is 11.6 Å². The zero-order chi connectivity index (χ0) is 13.1. The van der Waals surface area contributed by atoms with Crippen LogP contribution in [0.4, 0.5) is 14.5 Å². The van der Waals surface area contributed by atoms with Crippen LogP contribution >= 0.6 is 0 Å². The number of halogens is 2. The average molecular weight is 255 g/mol. The van der Waals surface area contributed by atoms with Crippen LogP contribution in [-0.4, -0.2) is 25.5 Å². The summed E-state index contributed by atoms with van der Waals surface area (Å²) in [5.41, 5.74) is 5.60. The molecule has 0 bridgehead atoms. The highest BCUT2D eigenvalue weighted by atomic mass is 19.1. The lowest BCUT2D eigenvalue weighted by Crippen LogP contribution is -2.34. The molecule has 0 aliphatic carbocycles. The number of hydrogen-bond donors (Lipinski definition) is 2. The number of nitrogens with zero attached hydrogens (tertiary/aromatic N) is 1. The lowest BCUT2D eigenvalue weighted by Gasteiger charge is -2.22. The molecule has 0 aromatic heterocycles. The summed E-state index contributed by atoms with van der Waals surface area (Å²) in [6.07, 6.45) is 0.656. The summed E-state index contributed by atoms with van der Waals surface area (Å²) >= 11 is 0. The Hall–Kier alpha value is -1.69. The predicted molar refractivity (Wildman–Crippen MR) is 64.1 cm³/mol. The summed E-state index contributed by atoms with van der Waals surface area (Å²) < 4.78 is 27.7. The average Bonchev–Trinajstić information content (AvgIpc) is 2.53. The highest BCUT2D eigenvalue weighted by molar-refractivity contribution is 5.81. The summed E-state index contributed by atoms with van der Waals surface area (Å²) in [6, 6.07) is 2.42. The second kappa shape index (κ2) is 5.30. The highest BCUT2D eigenvalue weighted by Gasteiger charge is 2.21. The largest absolute Gasteiger partial charge is 0.357 e. The normalized spacial score (nSPS) is 16.4. The molecule has 0 saturated carbocycles. The van der Waals surface area contributed by atoms with Crippen molar-refractivity contribution in [3.63, 3.8) is 0 Å². The molecule has 1 aliphatic heterocycles. The van der Waals surface area contributed by atoms with Crippen LogP contribution in [0.2, 0.25) is 0 Å². The molecule has 98 valence electrons. The number of nitrogens with two attached hydrogens (primary N) is 1. The van der Waals surface area contributed by atoms with E-state index in [2.05, 4.69) is 5.32 Å². The predicted octanol–water partition coefficient (Wildman–Crippen LogP) is 0.750. The van der Waals surface area contributed by atoms with E-state index in [1.807, 2.05) is 0 Å². The monoisotopic (exact) mass is 255 g/mol. The number of rotatable bonds is 2. The molecule has 1 fully saturated rings. The van der Waals surface area contributed by atoms with Gasteiger partial charge in [-0.3, -0.25) is 4.79 Å². The first-order chi connectivity index (χ1) is 8.61. The summed E-state index contributed by atoms with van der Waals surface area (Å²) in [5.74, 6) is -1.58. The van der Waals surface area contributed by atoms with Crippen molar-refractivity contribution in [2.24, 2.45) is 5.73 Å². The maximum atomic E-state index is 13.9. The second-order valence-corrected chi connectivity index (χ2v) is 4.24. The maximum Gasteiger partial charge on any atom is 0.239 e. The SMILES string of the molecule is NCc1cc(F)c(N2CCCNC(=O)C2)c(F)c1. The topological polar surface area (TPSA) is 58.4 Å². The van der Waals surface area contributed by atoms with E-state index in [1.54, 1.807) is 0 Å². The number of anilines is 1. The molecule has 1 amide bonds. The number of carbonyl (C=O) groups is 1. The Morgan fingerprint density at radius 3 is 2.61 bits per heavy atom. The van der Waals surface area contributed by atoms with Crippen LogP contribution in [0.3, 0.4) is 0 Å². The molecule has 1 aromatic carbocycles. The first-order valence-corrected chi connectivity index (χ1v) is 5.81. The molecule has 18 heavy (non-hydrogen) atoms. The molecule has 1 aromatic rings. The second-order valence-electron chi connectivity index (χ2n) is 4.24. The Kier molecular flexibility index (Phi) is 3.76. The van der Waals surface area contributed by atoms with Crippen LogP contribution in [-0.2, 0) is 11.3 Å². The number of benzene rings is 1. The third kappa shape index (κ3) is 2.59. The molecule has 4 nitrogen and oxygen atoms in total. The molecule has 0 atom stereocenters. The van der Waals surface area contributed by atoms with E-state index in [-0.39, 0.29) is 24.7 Å². The van der Waals surface area contributed by atoms with Gasteiger partial charge in [-0.2, -0.15) is 0 Å². The zero-order valence-electron chi connectivity index (χ0n) is 9.88. The van der Waals surface area contributed by atoms with Crippen LogP contribution in [0, 0.1) is 11.6 Å². The van der Waals surface area contributed by atoms with Crippen molar-refractivity contribution >= 4 is 11.6 Å². The third-order valence-corrected chi connectivity index (χ3v) is 2.89. The molecule has 1 aliphatic rings. The third-order valence-electron chi connectivity index (χ3n) is 2.89. The molecular formula is C12H15F2N3O. The first-order valence-electron chi connectivity index (χ1n) is 5.81. The Balaban J connectivity index is 2.34. The van der Waals surface area contributed by atoms with Gasteiger partial charge in [0, 0.05) is 19.6 Å². The van der Waals surface area contributed by atoms with Crippen LogP contribution in [0.5, 0.6) is 0 Å². The lowest BCUT2D eigenvalue weighted by atomic mass is 10.1. The van der Waals surface area contributed by atoms with Gasteiger partial charge < -0.3 is 16.0 Å². The minimum absolute atomic E-state index is 0.0319. The van der Waals surface area contributed by atoms with Crippen molar-refractivity contribution in [2.45, 2.75) is 13.0 Å². The fourth-order valence-corrected chi connectivity index (χ4v) is 2.03. The Bertz CT molecular complexity index is 442. The van der Waals surface area contributed by atoms with E-state index >= 15 is 0 Å². The van der Waals surface area contributed by atoms with Gasteiger partial charge in [-0.05, 0) is 24.1 Å². The smallest absolute Gasteiger partial charge is 0.239 e. The first kappa shape index (κ1) is 12.8. The molecule has 1 saturated heterocycles. The summed E-state index contributed by atoms with van der Waals surface area (Å²) in [7, 11) is 0. The van der Waals surface area contributed by atoms with Crippen LogP contribution in [0.25, 0.3) is 0 Å². The summed E-state index contributed by atoms with van der Waals surface area (Å²) in [5, 5.41) is 2.66. The van der Waals surface area contributed by atoms with Crippen LogP contribution < -0.4 is 16.0 Å². The van der Waals surface area contributed by atoms with E-state index in [4.69, 9.17) is 5.73 Å². The number of hydrogen-bond acceptors (Lipinski definition) is 3. The van der Waals surface area contributed by atoms with Gasteiger partial charge in [0.2, 0.25) is 5.91 Å². The van der Waals surface area contributed by atoms with E-state index in [0.717, 1.165) is 0 Å². The van der Waals surface area contributed by atoms with Gasteiger partial charge in [0.1, 0.15) is 17.3 Å². The standard InChI is InChI=1S/C12H15F2N3O/c13-9-4-8(6-15)5-10(14)12(9)17-3-1-2-16-11(18)7-17/h4-5H,1-3,6-7,15H2,(H,16,18). The Morgan fingerprint density at radius 2 is 2.00 bits per heavy atom. The fourth-order valence-electron chi connectivity index (χ4n) is 2.03. The van der Waals surface area contributed by atoms with Crippen molar-refractivity contribution in [1.29, 1.82) is 0 Å². The van der Waals surface area contributed by atoms with Gasteiger partial charge in [-0.1, -0.05) is 0 Å². The van der Waals surface area contributed by atoms with Gasteiger partial charge in [-0.25, -0.2) is 8.78 Å². The van der Waals surface area contributed by atoms with Crippen molar-refractivity contribution in [1.82, 2.24) is 5.32 Å². The van der Waals surface area contributed by atoms with E-state index in [0.29, 0.717) is 25.1 Å². The number of nitrogens with one attached hydrogen (secondary N) is 1.